The molecule has 0 heterocycles. The maximum absolute atomic E-state index is 6.19. The highest BCUT2D eigenvalue weighted by molar-refractivity contribution is 6.30. The standard InChI is InChI=1S/C16H21ClO/c1-5-7-8-9-13-10-14(17)11-15(12(3)4)16(13)18-6-2/h10-12H,6,8-9H2,1-4H3. The zero-order valence-corrected chi connectivity index (χ0v) is 12.4. The number of hydrogen-bond acceptors (Lipinski definition) is 1. The van der Waals surface area contributed by atoms with Crippen LogP contribution in [0.1, 0.15) is 51.2 Å². The van der Waals surface area contributed by atoms with Crippen molar-refractivity contribution in [2.24, 2.45) is 0 Å². The first kappa shape index (κ1) is 14.9. The lowest BCUT2D eigenvalue weighted by Crippen LogP contribution is -2.03. The van der Waals surface area contributed by atoms with Gasteiger partial charge in [0.05, 0.1) is 6.61 Å². The third kappa shape index (κ3) is 3.96. The zero-order valence-electron chi connectivity index (χ0n) is 11.6. The van der Waals surface area contributed by atoms with Gasteiger partial charge in [-0.15, -0.1) is 11.8 Å². The maximum atomic E-state index is 6.19. The van der Waals surface area contributed by atoms with Crippen molar-refractivity contribution in [2.75, 3.05) is 6.61 Å². The van der Waals surface area contributed by atoms with Crippen molar-refractivity contribution >= 4 is 11.6 Å². The predicted octanol–water partition coefficient (Wildman–Crippen LogP) is 4.82. The molecular formula is C16H21ClO. The van der Waals surface area contributed by atoms with Gasteiger partial charge in [-0.05, 0) is 49.4 Å². The third-order valence-electron chi connectivity index (χ3n) is 2.77. The van der Waals surface area contributed by atoms with Crippen molar-refractivity contribution in [3.63, 3.8) is 0 Å². The van der Waals surface area contributed by atoms with Gasteiger partial charge in [0.1, 0.15) is 5.75 Å². The van der Waals surface area contributed by atoms with Gasteiger partial charge in [0, 0.05) is 11.4 Å². The lowest BCUT2D eigenvalue weighted by Gasteiger charge is -2.17. The number of rotatable bonds is 5. The molecule has 0 radical (unpaired) electrons. The molecule has 1 aromatic rings. The molecule has 0 aliphatic heterocycles. The van der Waals surface area contributed by atoms with E-state index in [0.29, 0.717) is 12.5 Å². The largest absolute Gasteiger partial charge is 0.493 e. The van der Waals surface area contributed by atoms with Gasteiger partial charge in [-0.3, -0.25) is 0 Å². The van der Waals surface area contributed by atoms with Crippen LogP contribution in [0.5, 0.6) is 5.75 Å². The van der Waals surface area contributed by atoms with E-state index in [0.717, 1.165) is 29.2 Å². The van der Waals surface area contributed by atoms with Crippen LogP contribution in [0, 0.1) is 11.8 Å². The molecule has 0 fully saturated rings. The monoisotopic (exact) mass is 264 g/mol. The van der Waals surface area contributed by atoms with E-state index < -0.39 is 0 Å². The van der Waals surface area contributed by atoms with E-state index in [9.17, 15) is 0 Å². The number of benzene rings is 1. The van der Waals surface area contributed by atoms with Crippen molar-refractivity contribution in [2.45, 2.75) is 46.5 Å². The molecule has 1 rings (SSSR count). The Labute approximate surface area is 115 Å². The highest BCUT2D eigenvalue weighted by Crippen LogP contribution is 2.34. The van der Waals surface area contributed by atoms with Gasteiger partial charge in [-0.25, -0.2) is 0 Å². The van der Waals surface area contributed by atoms with Crippen molar-refractivity contribution in [1.29, 1.82) is 0 Å². The zero-order chi connectivity index (χ0) is 13.5. The Morgan fingerprint density at radius 1 is 1.33 bits per heavy atom. The Morgan fingerprint density at radius 3 is 2.61 bits per heavy atom. The van der Waals surface area contributed by atoms with Gasteiger partial charge in [0.15, 0.2) is 0 Å². The summed E-state index contributed by atoms with van der Waals surface area (Å²) in [7, 11) is 0. The number of halogens is 1. The summed E-state index contributed by atoms with van der Waals surface area (Å²) in [6.45, 7) is 8.86. The molecule has 0 unspecified atom stereocenters. The molecule has 0 aromatic heterocycles. The minimum Gasteiger partial charge on any atom is -0.493 e. The van der Waals surface area contributed by atoms with Gasteiger partial charge in [0.25, 0.3) is 0 Å². The lowest BCUT2D eigenvalue weighted by atomic mass is 9.97. The molecule has 0 aliphatic carbocycles. The predicted molar refractivity (Wildman–Crippen MR) is 78.5 cm³/mol. The van der Waals surface area contributed by atoms with Crippen LogP contribution in [-0.4, -0.2) is 6.61 Å². The smallest absolute Gasteiger partial charge is 0.126 e. The second-order valence-electron chi connectivity index (χ2n) is 4.50. The SMILES string of the molecule is CC#CCCc1cc(Cl)cc(C(C)C)c1OCC. The molecule has 0 spiro atoms. The quantitative estimate of drug-likeness (QED) is 0.693. The summed E-state index contributed by atoms with van der Waals surface area (Å²) in [5.74, 6) is 7.40. The van der Waals surface area contributed by atoms with E-state index >= 15 is 0 Å². The van der Waals surface area contributed by atoms with Crippen molar-refractivity contribution in [3.05, 3.63) is 28.3 Å². The first-order valence-electron chi connectivity index (χ1n) is 6.44. The van der Waals surface area contributed by atoms with Crippen LogP contribution in [-0.2, 0) is 6.42 Å². The Kier molecular flexibility index (Phi) is 6.09. The van der Waals surface area contributed by atoms with Gasteiger partial charge >= 0.3 is 0 Å². The van der Waals surface area contributed by atoms with Crippen LogP contribution >= 0.6 is 11.6 Å². The van der Waals surface area contributed by atoms with E-state index in [2.05, 4.69) is 25.7 Å². The molecule has 2 heteroatoms. The number of aryl methyl sites for hydroxylation is 1. The minimum absolute atomic E-state index is 0.404. The second kappa shape index (κ2) is 7.34. The molecule has 0 atom stereocenters. The molecule has 0 bridgehead atoms. The lowest BCUT2D eigenvalue weighted by molar-refractivity contribution is 0.331. The van der Waals surface area contributed by atoms with E-state index in [1.165, 1.54) is 5.56 Å². The Morgan fingerprint density at radius 2 is 2.06 bits per heavy atom. The van der Waals surface area contributed by atoms with Crippen molar-refractivity contribution in [3.8, 4) is 17.6 Å². The summed E-state index contributed by atoms with van der Waals surface area (Å²) in [6.07, 6.45) is 1.73. The molecule has 0 N–H and O–H groups in total. The number of hydrogen-bond donors (Lipinski definition) is 0. The fourth-order valence-corrected chi connectivity index (χ4v) is 2.18. The van der Waals surface area contributed by atoms with Crippen LogP contribution in [0.2, 0.25) is 5.02 Å². The highest BCUT2D eigenvalue weighted by Gasteiger charge is 2.14. The van der Waals surface area contributed by atoms with Crippen molar-refractivity contribution < 1.29 is 4.74 Å². The minimum atomic E-state index is 0.404. The molecule has 98 valence electrons. The van der Waals surface area contributed by atoms with Crippen LogP contribution in [0.15, 0.2) is 12.1 Å². The molecule has 18 heavy (non-hydrogen) atoms. The first-order chi connectivity index (χ1) is 8.60. The summed E-state index contributed by atoms with van der Waals surface area (Å²) in [5, 5.41) is 0.779. The topological polar surface area (TPSA) is 9.23 Å². The molecule has 1 nitrogen and oxygen atoms in total. The van der Waals surface area contributed by atoms with E-state index in [1.54, 1.807) is 0 Å². The molecular weight excluding hydrogens is 244 g/mol. The highest BCUT2D eigenvalue weighted by atomic mass is 35.5. The second-order valence-corrected chi connectivity index (χ2v) is 4.93. The summed E-state index contributed by atoms with van der Waals surface area (Å²) >= 11 is 6.19. The van der Waals surface area contributed by atoms with Gasteiger partial charge in [0.2, 0.25) is 0 Å². The molecule has 0 aliphatic rings. The summed E-state index contributed by atoms with van der Waals surface area (Å²) in [6, 6.07) is 4.00. The Hall–Kier alpha value is -1.13. The first-order valence-corrected chi connectivity index (χ1v) is 6.82. The van der Waals surface area contributed by atoms with Gasteiger partial charge < -0.3 is 4.74 Å². The Bertz CT molecular complexity index is 452. The molecule has 0 saturated heterocycles. The fourth-order valence-electron chi connectivity index (χ4n) is 1.93. The average molecular weight is 265 g/mol. The third-order valence-corrected chi connectivity index (χ3v) is 2.98. The van der Waals surface area contributed by atoms with Crippen LogP contribution < -0.4 is 4.74 Å². The van der Waals surface area contributed by atoms with Crippen LogP contribution in [0.3, 0.4) is 0 Å². The van der Waals surface area contributed by atoms with E-state index in [4.69, 9.17) is 16.3 Å². The van der Waals surface area contributed by atoms with Gasteiger partial charge in [-0.2, -0.15) is 0 Å². The normalized spacial score (nSPS) is 10.1. The summed E-state index contributed by atoms with van der Waals surface area (Å²) in [4.78, 5) is 0. The number of ether oxygens (including phenoxy) is 1. The molecule has 1 aromatic carbocycles. The van der Waals surface area contributed by atoms with Gasteiger partial charge in [-0.1, -0.05) is 25.4 Å². The van der Waals surface area contributed by atoms with Crippen LogP contribution in [0.4, 0.5) is 0 Å². The molecule has 0 saturated carbocycles. The summed E-state index contributed by atoms with van der Waals surface area (Å²) < 4.78 is 5.81. The fraction of sp³-hybridized carbons (Fsp3) is 0.500. The average Bonchev–Trinajstić information content (AvgIpc) is 2.32. The van der Waals surface area contributed by atoms with Crippen molar-refractivity contribution in [1.82, 2.24) is 0 Å². The van der Waals surface area contributed by atoms with E-state index in [-0.39, 0.29) is 0 Å². The molecule has 0 amide bonds. The van der Waals surface area contributed by atoms with E-state index in [1.807, 2.05) is 26.0 Å². The van der Waals surface area contributed by atoms with Crippen LogP contribution in [0.25, 0.3) is 0 Å². The Balaban J connectivity index is 3.14. The maximum Gasteiger partial charge on any atom is 0.126 e. The summed E-state index contributed by atoms with van der Waals surface area (Å²) in [5.41, 5.74) is 2.35.